The molecule has 0 aromatic heterocycles. The van der Waals surface area contributed by atoms with E-state index in [1.54, 1.807) is 0 Å². The lowest BCUT2D eigenvalue weighted by molar-refractivity contribution is -0.931. The van der Waals surface area contributed by atoms with Gasteiger partial charge in [0.05, 0.1) is 39.3 Å². The molecular weight excluding hydrogens is 240 g/mol. The Bertz CT molecular complexity index is 242. The fourth-order valence-corrected chi connectivity index (χ4v) is 2.40. The predicted octanol–water partition coefficient (Wildman–Crippen LogP) is -1.60. The first kappa shape index (κ1) is 17.3. The highest BCUT2D eigenvalue weighted by Gasteiger charge is 2.32. The molecule has 18 heavy (non-hydrogen) atoms. The van der Waals surface area contributed by atoms with Crippen molar-refractivity contribution in [1.29, 1.82) is 0 Å². The van der Waals surface area contributed by atoms with Crippen LogP contribution in [-0.4, -0.2) is 95.2 Å². The van der Waals surface area contributed by atoms with Gasteiger partial charge in [-0.3, -0.25) is 9.69 Å². The van der Waals surface area contributed by atoms with E-state index in [9.17, 15) is 4.79 Å². The van der Waals surface area contributed by atoms with Gasteiger partial charge < -0.3 is 25.3 Å². The summed E-state index contributed by atoms with van der Waals surface area (Å²) < 4.78 is 0.685. The van der Waals surface area contributed by atoms with Crippen LogP contribution in [-0.2, 0) is 4.79 Å². The lowest BCUT2D eigenvalue weighted by Crippen LogP contribution is -2.61. The zero-order valence-electron chi connectivity index (χ0n) is 10.7. The second-order valence-electron chi connectivity index (χ2n) is 4.67. The summed E-state index contributed by atoms with van der Waals surface area (Å²) in [6.07, 6.45) is 0.153. The van der Waals surface area contributed by atoms with E-state index in [0.29, 0.717) is 24.1 Å². The maximum Gasteiger partial charge on any atom is 0.309 e. The summed E-state index contributed by atoms with van der Waals surface area (Å²) >= 11 is 0. The van der Waals surface area contributed by atoms with Crippen LogP contribution in [0.5, 0.6) is 0 Å². The van der Waals surface area contributed by atoms with Gasteiger partial charge in [-0.2, -0.15) is 0 Å². The van der Waals surface area contributed by atoms with Crippen LogP contribution in [0.3, 0.4) is 0 Å². The van der Waals surface area contributed by atoms with Crippen molar-refractivity contribution in [3.8, 4) is 0 Å². The minimum atomic E-state index is -0.779. The summed E-state index contributed by atoms with van der Waals surface area (Å²) in [5, 5.41) is 26.7. The molecule has 0 bridgehead atoms. The third kappa shape index (κ3) is 5.28. The molecule has 7 nitrogen and oxygen atoms in total. The molecule has 1 saturated heterocycles. The molecule has 0 saturated carbocycles. The van der Waals surface area contributed by atoms with E-state index < -0.39 is 5.97 Å². The summed E-state index contributed by atoms with van der Waals surface area (Å²) in [7, 11) is 0. The van der Waals surface area contributed by atoms with Gasteiger partial charge >= 0.3 is 5.97 Å². The Kier molecular flexibility index (Phi) is 8.05. The highest BCUT2D eigenvalue weighted by atomic mass is 16.4. The highest BCUT2D eigenvalue weighted by Crippen LogP contribution is 2.13. The van der Waals surface area contributed by atoms with Crippen molar-refractivity contribution in [2.45, 2.75) is 6.42 Å². The van der Waals surface area contributed by atoms with Crippen molar-refractivity contribution in [2.24, 2.45) is 0 Å². The van der Waals surface area contributed by atoms with Gasteiger partial charge in [0.15, 0.2) is 0 Å². The molecule has 1 rings (SSSR count). The zero-order valence-corrected chi connectivity index (χ0v) is 10.7. The van der Waals surface area contributed by atoms with E-state index in [1.165, 1.54) is 0 Å². The van der Waals surface area contributed by atoms with E-state index in [4.69, 9.17) is 15.3 Å². The van der Waals surface area contributed by atoms with Crippen molar-refractivity contribution in [2.75, 3.05) is 59.0 Å². The molecule has 108 valence electrons. The molecule has 0 spiro atoms. The topological polar surface area (TPSA) is 111 Å². The smallest absolute Gasteiger partial charge is 0.309 e. The van der Waals surface area contributed by atoms with E-state index in [2.05, 4.69) is 4.90 Å². The van der Waals surface area contributed by atoms with E-state index in [-0.39, 0.29) is 25.1 Å². The number of hydrogen-bond donors (Lipinski definition) is 3. The Hall–Kier alpha value is -0.730. The second kappa shape index (κ2) is 8.39. The molecule has 1 aliphatic heterocycles. The number of quaternary nitrogens is 1. The van der Waals surface area contributed by atoms with Crippen molar-refractivity contribution < 1.29 is 30.1 Å². The third-order valence-corrected chi connectivity index (χ3v) is 3.57. The average molecular weight is 264 g/mol. The molecule has 1 heterocycles. The van der Waals surface area contributed by atoms with Crippen LogP contribution >= 0.6 is 0 Å². The average Bonchev–Trinajstić information content (AvgIpc) is 2.30. The number of carbonyl (C=O) groups is 1. The molecule has 0 aromatic carbocycles. The molecule has 1 fully saturated rings. The Morgan fingerprint density at radius 3 is 2.17 bits per heavy atom. The quantitative estimate of drug-likeness (QED) is 0.478. The van der Waals surface area contributed by atoms with Crippen LogP contribution in [0.1, 0.15) is 6.42 Å². The number of hydrogen-bond acceptors (Lipinski definition) is 5. The van der Waals surface area contributed by atoms with E-state index in [1.807, 2.05) is 0 Å². The molecule has 7 heteroatoms. The van der Waals surface area contributed by atoms with Crippen LogP contribution < -0.4 is 0 Å². The fourth-order valence-electron chi connectivity index (χ4n) is 2.40. The monoisotopic (exact) mass is 264 g/mol. The van der Waals surface area contributed by atoms with Crippen LogP contribution in [0.2, 0.25) is 0 Å². The molecule has 0 atom stereocenters. The molecule has 0 unspecified atom stereocenters. The molecule has 0 aromatic rings. The molecule has 0 amide bonds. The van der Waals surface area contributed by atoms with E-state index in [0.717, 1.165) is 26.2 Å². The number of aliphatic hydroxyl groups excluding tert-OH is 2. The fraction of sp³-hybridized carbons (Fsp3) is 0.909. The molecule has 1 aliphatic rings. The zero-order chi connectivity index (χ0) is 12.7. The lowest BCUT2D eigenvalue weighted by Gasteiger charge is -2.44. The maximum absolute atomic E-state index is 10.6. The number of nitrogens with zero attached hydrogens (tertiary/aromatic N) is 2. The second-order valence-corrected chi connectivity index (χ2v) is 4.67. The van der Waals surface area contributed by atoms with Gasteiger partial charge in [-0.05, 0) is 0 Å². The van der Waals surface area contributed by atoms with Gasteiger partial charge in [0.25, 0.3) is 0 Å². The van der Waals surface area contributed by atoms with Gasteiger partial charge in [0, 0.05) is 19.6 Å². The number of rotatable bonds is 7. The van der Waals surface area contributed by atoms with E-state index >= 15 is 0 Å². The van der Waals surface area contributed by atoms with Crippen LogP contribution in [0.4, 0.5) is 0 Å². The summed E-state index contributed by atoms with van der Waals surface area (Å²) in [5.41, 5.74) is 0. The number of aliphatic carboxylic acids is 1. The number of carboxylic acid groups (broad SMARTS) is 1. The first-order valence-corrected chi connectivity index (χ1v) is 6.13. The SMILES string of the molecule is O=C(O)CC[N+]1(CCO)CCN(CCO)CC1.[OH-]. The predicted molar refractivity (Wildman–Crippen MR) is 64.5 cm³/mol. The van der Waals surface area contributed by atoms with Crippen LogP contribution in [0, 0.1) is 0 Å². The minimum absolute atomic E-state index is 0. The minimum Gasteiger partial charge on any atom is -0.870 e. The van der Waals surface area contributed by atoms with Crippen LogP contribution in [0.25, 0.3) is 0 Å². The number of β-amino-alcohol motifs (C(OH)–C–C–N with tert-alkyl or cyclic N) is 1. The summed E-state index contributed by atoms with van der Waals surface area (Å²) in [6.45, 7) is 5.58. The molecular formula is C11H24N2O5. The van der Waals surface area contributed by atoms with Gasteiger partial charge in [-0.25, -0.2) is 0 Å². The summed E-state index contributed by atoms with van der Waals surface area (Å²) in [5.74, 6) is -0.779. The van der Waals surface area contributed by atoms with Crippen molar-refractivity contribution >= 4 is 5.97 Å². The first-order valence-electron chi connectivity index (χ1n) is 6.13. The highest BCUT2D eigenvalue weighted by molar-refractivity contribution is 5.66. The Balaban J connectivity index is 0.00000289. The maximum atomic E-state index is 10.6. The number of aliphatic hydroxyl groups is 2. The summed E-state index contributed by atoms with van der Waals surface area (Å²) in [6, 6.07) is 0. The molecule has 4 N–H and O–H groups in total. The Morgan fingerprint density at radius 2 is 1.72 bits per heavy atom. The normalized spacial score (nSPS) is 19.2. The largest absolute Gasteiger partial charge is 0.870 e. The van der Waals surface area contributed by atoms with Gasteiger partial charge in [-0.15, -0.1) is 0 Å². The van der Waals surface area contributed by atoms with Gasteiger partial charge in [0.2, 0.25) is 0 Å². The number of piperazine rings is 1. The van der Waals surface area contributed by atoms with Crippen LogP contribution in [0.15, 0.2) is 0 Å². The summed E-state index contributed by atoms with van der Waals surface area (Å²) in [4.78, 5) is 12.8. The standard InChI is InChI=1S/C11H22N2O4.H2O/c14-9-4-12-2-6-13(7-3-12,8-10-15)5-1-11(16)17;/h14-15H,1-10H2;1H2. The van der Waals surface area contributed by atoms with Crippen molar-refractivity contribution in [3.05, 3.63) is 0 Å². The first-order chi connectivity index (χ1) is 8.12. The number of carboxylic acids is 1. The van der Waals surface area contributed by atoms with Gasteiger partial charge in [0.1, 0.15) is 6.54 Å². The molecule has 0 aliphatic carbocycles. The third-order valence-electron chi connectivity index (χ3n) is 3.57. The van der Waals surface area contributed by atoms with Crippen molar-refractivity contribution in [3.63, 3.8) is 0 Å². The Morgan fingerprint density at radius 1 is 1.11 bits per heavy atom. The molecule has 0 radical (unpaired) electrons. The van der Waals surface area contributed by atoms with Gasteiger partial charge in [-0.1, -0.05) is 0 Å². The van der Waals surface area contributed by atoms with Crippen molar-refractivity contribution in [1.82, 2.24) is 4.90 Å². The Labute approximate surface area is 107 Å². The lowest BCUT2D eigenvalue weighted by atomic mass is 10.2.